The van der Waals surface area contributed by atoms with Crippen molar-refractivity contribution in [2.75, 3.05) is 13.1 Å². The summed E-state index contributed by atoms with van der Waals surface area (Å²) in [6, 6.07) is -0.358. The van der Waals surface area contributed by atoms with Crippen LogP contribution in [0.2, 0.25) is 0 Å². The molecule has 0 saturated heterocycles. The van der Waals surface area contributed by atoms with Crippen molar-refractivity contribution in [1.29, 1.82) is 0 Å². The number of hydrogen-bond donors (Lipinski definition) is 3. The van der Waals surface area contributed by atoms with Gasteiger partial charge in [-0.2, -0.15) is 0 Å². The summed E-state index contributed by atoms with van der Waals surface area (Å²) in [5.41, 5.74) is 5.40. The zero-order valence-corrected chi connectivity index (χ0v) is 11.2. The molecule has 1 aliphatic rings. The maximum atomic E-state index is 12.1. The molecule has 0 aliphatic heterocycles. The van der Waals surface area contributed by atoms with Gasteiger partial charge < -0.3 is 16.4 Å². The molecule has 0 aromatic heterocycles. The first-order chi connectivity index (χ1) is 8.65. The van der Waals surface area contributed by atoms with Crippen LogP contribution in [0.3, 0.4) is 0 Å². The Labute approximate surface area is 109 Å². The fraction of sp³-hybridized carbons (Fsp3) is 0.846. The number of carbonyl (C=O) groups excluding carboxylic acids is 2. The second-order valence-corrected chi connectivity index (χ2v) is 5.01. The summed E-state index contributed by atoms with van der Waals surface area (Å²) >= 11 is 0. The van der Waals surface area contributed by atoms with E-state index in [1.807, 2.05) is 0 Å². The fourth-order valence-electron chi connectivity index (χ4n) is 2.50. The molecule has 1 rings (SSSR count). The highest BCUT2D eigenvalue weighted by molar-refractivity contribution is 5.87. The minimum Gasteiger partial charge on any atom is -0.354 e. The van der Waals surface area contributed by atoms with Gasteiger partial charge in [-0.05, 0) is 38.1 Å². The molecule has 5 heteroatoms. The Morgan fingerprint density at radius 2 is 1.94 bits per heavy atom. The number of nitrogens with one attached hydrogen (secondary N) is 2. The lowest BCUT2D eigenvalue weighted by atomic mass is 9.97. The molecule has 2 amide bonds. The molecular weight excluding hydrogens is 230 g/mol. The van der Waals surface area contributed by atoms with E-state index in [2.05, 4.69) is 10.6 Å². The summed E-state index contributed by atoms with van der Waals surface area (Å²) in [6.07, 6.45) is 6.17. The lowest BCUT2D eigenvalue weighted by molar-refractivity contribution is -0.129. The summed E-state index contributed by atoms with van der Waals surface area (Å²) in [5, 5.41) is 5.68. The van der Waals surface area contributed by atoms with Crippen molar-refractivity contribution >= 4 is 11.8 Å². The van der Waals surface area contributed by atoms with Crippen molar-refractivity contribution in [2.24, 2.45) is 11.7 Å². The molecule has 1 unspecified atom stereocenters. The second-order valence-electron chi connectivity index (χ2n) is 5.01. The number of unbranched alkanes of at least 4 members (excludes halogenated alkanes) is 1. The van der Waals surface area contributed by atoms with Crippen LogP contribution in [0.15, 0.2) is 0 Å². The van der Waals surface area contributed by atoms with Gasteiger partial charge in [0.25, 0.3) is 0 Å². The SMILES string of the molecule is CC(=O)NC(C(=O)NCCCCN)C1CCCC1. The minimum absolute atomic E-state index is 0.0471. The molecule has 18 heavy (non-hydrogen) atoms. The third-order valence-electron chi connectivity index (χ3n) is 3.44. The Kier molecular flexibility index (Phi) is 6.72. The first kappa shape index (κ1) is 15.0. The van der Waals surface area contributed by atoms with Crippen LogP contribution < -0.4 is 16.4 Å². The lowest BCUT2D eigenvalue weighted by Crippen LogP contribution is -2.50. The number of hydrogen-bond acceptors (Lipinski definition) is 3. The average molecular weight is 255 g/mol. The molecule has 0 aromatic carbocycles. The van der Waals surface area contributed by atoms with E-state index in [1.165, 1.54) is 6.92 Å². The van der Waals surface area contributed by atoms with E-state index in [0.717, 1.165) is 38.5 Å². The number of rotatable bonds is 7. The molecule has 1 saturated carbocycles. The van der Waals surface area contributed by atoms with Crippen LogP contribution in [0.1, 0.15) is 45.4 Å². The van der Waals surface area contributed by atoms with Crippen molar-refractivity contribution in [3.63, 3.8) is 0 Å². The van der Waals surface area contributed by atoms with Gasteiger partial charge in [-0.25, -0.2) is 0 Å². The fourth-order valence-corrected chi connectivity index (χ4v) is 2.50. The highest BCUT2D eigenvalue weighted by Crippen LogP contribution is 2.27. The Bertz CT molecular complexity index is 275. The summed E-state index contributed by atoms with van der Waals surface area (Å²) in [7, 11) is 0. The summed E-state index contributed by atoms with van der Waals surface area (Å²) in [6.45, 7) is 2.75. The zero-order valence-electron chi connectivity index (χ0n) is 11.2. The molecule has 0 spiro atoms. The van der Waals surface area contributed by atoms with Gasteiger partial charge in [-0.1, -0.05) is 12.8 Å². The first-order valence-electron chi connectivity index (χ1n) is 6.90. The standard InChI is InChI=1S/C13H25N3O2/c1-10(17)16-12(11-6-2-3-7-11)13(18)15-9-5-4-8-14/h11-12H,2-9,14H2,1H3,(H,15,18)(H,16,17). The molecule has 1 atom stereocenters. The Morgan fingerprint density at radius 1 is 1.28 bits per heavy atom. The second kappa shape index (κ2) is 8.08. The molecule has 0 aromatic rings. The predicted octanol–water partition coefficient (Wildman–Crippen LogP) is 0.536. The van der Waals surface area contributed by atoms with Gasteiger partial charge in [0.05, 0.1) is 0 Å². The van der Waals surface area contributed by atoms with Gasteiger partial charge in [-0.15, -0.1) is 0 Å². The molecule has 1 aliphatic carbocycles. The van der Waals surface area contributed by atoms with E-state index in [9.17, 15) is 9.59 Å². The van der Waals surface area contributed by atoms with Crippen LogP contribution in [0.25, 0.3) is 0 Å². The van der Waals surface area contributed by atoms with Gasteiger partial charge in [0.15, 0.2) is 0 Å². The van der Waals surface area contributed by atoms with Crippen molar-refractivity contribution in [2.45, 2.75) is 51.5 Å². The average Bonchev–Trinajstić information content (AvgIpc) is 2.84. The van der Waals surface area contributed by atoms with Crippen molar-refractivity contribution in [3.05, 3.63) is 0 Å². The maximum absolute atomic E-state index is 12.1. The van der Waals surface area contributed by atoms with Crippen LogP contribution >= 0.6 is 0 Å². The highest BCUT2D eigenvalue weighted by atomic mass is 16.2. The third kappa shape index (κ3) is 5.04. The van der Waals surface area contributed by atoms with Gasteiger partial charge in [-0.3, -0.25) is 9.59 Å². The topological polar surface area (TPSA) is 84.2 Å². The quantitative estimate of drug-likeness (QED) is 0.580. The molecule has 1 fully saturated rings. The Morgan fingerprint density at radius 3 is 2.50 bits per heavy atom. The molecule has 0 heterocycles. The molecule has 0 radical (unpaired) electrons. The minimum atomic E-state index is -0.358. The first-order valence-corrected chi connectivity index (χ1v) is 6.90. The summed E-state index contributed by atoms with van der Waals surface area (Å²) in [5.74, 6) is 0.113. The Hall–Kier alpha value is -1.10. The molecular formula is C13H25N3O2. The van der Waals surface area contributed by atoms with E-state index in [4.69, 9.17) is 5.73 Å². The normalized spacial score (nSPS) is 17.4. The van der Waals surface area contributed by atoms with Crippen molar-refractivity contribution in [3.8, 4) is 0 Å². The number of carbonyl (C=O) groups is 2. The third-order valence-corrected chi connectivity index (χ3v) is 3.44. The van der Waals surface area contributed by atoms with Gasteiger partial charge in [0.1, 0.15) is 6.04 Å². The van der Waals surface area contributed by atoms with Crippen molar-refractivity contribution in [1.82, 2.24) is 10.6 Å². The molecule has 5 nitrogen and oxygen atoms in total. The predicted molar refractivity (Wildman–Crippen MR) is 70.9 cm³/mol. The van der Waals surface area contributed by atoms with Crippen LogP contribution in [0.5, 0.6) is 0 Å². The smallest absolute Gasteiger partial charge is 0.242 e. The Balaban J connectivity index is 2.42. The van der Waals surface area contributed by atoms with E-state index in [-0.39, 0.29) is 17.9 Å². The van der Waals surface area contributed by atoms with Gasteiger partial charge in [0, 0.05) is 13.5 Å². The van der Waals surface area contributed by atoms with Crippen molar-refractivity contribution < 1.29 is 9.59 Å². The van der Waals surface area contributed by atoms with E-state index < -0.39 is 0 Å². The summed E-state index contributed by atoms with van der Waals surface area (Å²) in [4.78, 5) is 23.3. The largest absolute Gasteiger partial charge is 0.354 e. The van der Waals surface area contributed by atoms with E-state index >= 15 is 0 Å². The highest BCUT2D eigenvalue weighted by Gasteiger charge is 2.30. The van der Waals surface area contributed by atoms with Crippen LogP contribution in [0, 0.1) is 5.92 Å². The molecule has 104 valence electrons. The molecule has 4 N–H and O–H groups in total. The van der Waals surface area contributed by atoms with Gasteiger partial charge in [0.2, 0.25) is 11.8 Å². The maximum Gasteiger partial charge on any atom is 0.242 e. The van der Waals surface area contributed by atoms with Crippen LogP contribution in [-0.2, 0) is 9.59 Å². The lowest BCUT2D eigenvalue weighted by Gasteiger charge is -2.23. The zero-order chi connectivity index (χ0) is 13.4. The number of nitrogens with two attached hydrogens (primary N) is 1. The van der Waals surface area contributed by atoms with Crippen LogP contribution in [0.4, 0.5) is 0 Å². The summed E-state index contributed by atoms with van der Waals surface area (Å²) < 4.78 is 0. The van der Waals surface area contributed by atoms with Crippen LogP contribution in [-0.4, -0.2) is 30.9 Å². The van der Waals surface area contributed by atoms with E-state index in [1.54, 1.807) is 0 Å². The van der Waals surface area contributed by atoms with E-state index in [0.29, 0.717) is 19.0 Å². The monoisotopic (exact) mass is 255 g/mol. The molecule has 0 bridgehead atoms. The number of amides is 2. The van der Waals surface area contributed by atoms with Gasteiger partial charge >= 0.3 is 0 Å².